The average molecular weight is 441 g/mol. The molecule has 0 aliphatic carbocycles. The van der Waals surface area contributed by atoms with Crippen LogP contribution in [0.1, 0.15) is 27.8 Å². The first-order chi connectivity index (χ1) is 15.9. The number of rotatable bonds is 7. The number of carbonyl (C=O) groups excluding carboxylic acids is 2. The van der Waals surface area contributed by atoms with Crippen LogP contribution in [-0.2, 0) is 16.0 Å². The summed E-state index contributed by atoms with van der Waals surface area (Å²) in [4.78, 5) is 28.3. The number of aryl methyl sites for hydroxylation is 3. The molecule has 3 aromatic rings. The third-order valence-electron chi connectivity index (χ3n) is 5.92. The zero-order valence-electron chi connectivity index (χ0n) is 19.4. The van der Waals surface area contributed by atoms with Crippen molar-refractivity contribution in [2.24, 2.45) is 0 Å². The summed E-state index contributed by atoms with van der Waals surface area (Å²) in [6.45, 7) is 6.29. The predicted molar refractivity (Wildman–Crippen MR) is 131 cm³/mol. The number of hydrogen-bond donors (Lipinski definition) is 1. The van der Waals surface area contributed by atoms with Gasteiger partial charge >= 0.3 is 0 Å². The molecule has 1 heterocycles. The maximum absolute atomic E-state index is 13.5. The molecule has 0 atom stereocenters. The molecule has 33 heavy (non-hydrogen) atoms. The highest BCUT2D eigenvalue weighted by Gasteiger charge is 2.39. The van der Waals surface area contributed by atoms with Crippen LogP contribution < -0.4 is 10.1 Å². The number of hydrogen-bond acceptors (Lipinski definition) is 4. The first-order valence-corrected chi connectivity index (χ1v) is 11.0. The van der Waals surface area contributed by atoms with Gasteiger partial charge < -0.3 is 10.1 Å². The second kappa shape index (κ2) is 9.33. The van der Waals surface area contributed by atoms with E-state index in [1.165, 1.54) is 4.90 Å². The van der Waals surface area contributed by atoms with Crippen molar-refractivity contribution >= 4 is 23.1 Å². The Morgan fingerprint density at radius 1 is 0.818 bits per heavy atom. The van der Waals surface area contributed by atoms with Crippen molar-refractivity contribution in [3.63, 3.8) is 0 Å². The van der Waals surface area contributed by atoms with Gasteiger partial charge in [-0.15, -0.1) is 0 Å². The van der Waals surface area contributed by atoms with E-state index in [-0.39, 0.29) is 11.8 Å². The zero-order valence-corrected chi connectivity index (χ0v) is 19.4. The second-order valence-electron chi connectivity index (χ2n) is 8.42. The first-order valence-electron chi connectivity index (χ1n) is 11.0. The van der Waals surface area contributed by atoms with E-state index in [1.807, 2.05) is 87.5 Å². The fourth-order valence-corrected chi connectivity index (χ4v) is 4.05. The van der Waals surface area contributed by atoms with Gasteiger partial charge in [0.15, 0.2) is 0 Å². The molecule has 4 rings (SSSR count). The summed E-state index contributed by atoms with van der Waals surface area (Å²) < 4.78 is 5.21. The van der Waals surface area contributed by atoms with Crippen molar-refractivity contribution in [2.45, 2.75) is 27.2 Å². The summed E-state index contributed by atoms with van der Waals surface area (Å²) >= 11 is 0. The van der Waals surface area contributed by atoms with Crippen LogP contribution in [0.5, 0.6) is 5.75 Å². The minimum atomic E-state index is -0.302. The van der Waals surface area contributed by atoms with Crippen LogP contribution >= 0.6 is 0 Å². The second-order valence-corrected chi connectivity index (χ2v) is 8.42. The highest BCUT2D eigenvalue weighted by atomic mass is 16.5. The van der Waals surface area contributed by atoms with E-state index in [1.54, 1.807) is 7.11 Å². The van der Waals surface area contributed by atoms with E-state index in [9.17, 15) is 9.59 Å². The van der Waals surface area contributed by atoms with Crippen molar-refractivity contribution < 1.29 is 14.3 Å². The molecule has 5 heteroatoms. The third kappa shape index (κ3) is 4.67. The number of ether oxygens (including phenoxy) is 1. The van der Waals surface area contributed by atoms with E-state index in [4.69, 9.17) is 4.74 Å². The van der Waals surface area contributed by atoms with Gasteiger partial charge in [-0.3, -0.25) is 14.5 Å². The monoisotopic (exact) mass is 440 g/mol. The van der Waals surface area contributed by atoms with Gasteiger partial charge in [-0.05, 0) is 68.1 Å². The molecular formula is C28H28N2O3. The lowest BCUT2D eigenvalue weighted by molar-refractivity contribution is -0.136. The molecule has 0 spiro atoms. The normalized spacial score (nSPS) is 13.6. The van der Waals surface area contributed by atoms with Gasteiger partial charge in [0.1, 0.15) is 11.4 Å². The Kier molecular flexibility index (Phi) is 6.31. The average Bonchev–Trinajstić information content (AvgIpc) is 3.03. The Morgan fingerprint density at radius 3 is 2.12 bits per heavy atom. The summed E-state index contributed by atoms with van der Waals surface area (Å²) in [6.07, 6.45) is 0.569. The highest BCUT2D eigenvalue weighted by molar-refractivity contribution is 6.36. The number of amides is 2. The molecule has 1 aliphatic heterocycles. The predicted octanol–water partition coefficient (Wildman–Crippen LogP) is 5.06. The molecular weight excluding hydrogens is 412 g/mol. The van der Waals surface area contributed by atoms with E-state index in [0.717, 1.165) is 39.3 Å². The molecule has 0 fully saturated rings. The Balaban J connectivity index is 1.66. The van der Waals surface area contributed by atoms with Crippen molar-refractivity contribution in [2.75, 3.05) is 19.0 Å². The lowest BCUT2D eigenvalue weighted by Gasteiger charge is -2.16. The van der Waals surface area contributed by atoms with Gasteiger partial charge in [-0.2, -0.15) is 0 Å². The van der Waals surface area contributed by atoms with E-state index in [0.29, 0.717) is 24.2 Å². The molecule has 2 amide bonds. The van der Waals surface area contributed by atoms with E-state index >= 15 is 0 Å². The lowest BCUT2D eigenvalue weighted by Crippen LogP contribution is -2.34. The Morgan fingerprint density at radius 2 is 1.48 bits per heavy atom. The molecule has 0 bridgehead atoms. The fraction of sp³-hybridized carbons (Fsp3) is 0.214. The van der Waals surface area contributed by atoms with Gasteiger partial charge in [-0.25, -0.2) is 0 Å². The van der Waals surface area contributed by atoms with Crippen LogP contribution in [0.4, 0.5) is 5.69 Å². The summed E-state index contributed by atoms with van der Waals surface area (Å²) in [6, 6.07) is 21.4. The molecule has 3 aromatic carbocycles. The number of carbonyl (C=O) groups is 2. The number of imide groups is 1. The Bertz CT molecular complexity index is 1230. The molecule has 5 nitrogen and oxygen atoms in total. The van der Waals surface area contributed by atoms with Crippen LogP contribution in [-0.4, -0.2) is 30.4 Å². The summed E-state index contributed by atoms with van der Waals surface area (Å²) in [5.74, 6) is 0.203. The summed E-state index contributed by atoms with van der Waals surface area (Å²) in [5, 5.41) is 3.23. The molecule has 168 valence electrons. The molecule has 0 aromatic heterocycles. The minimum Gasteiger partial charge on any atom is -0.497 e. The van der Waals surface area contributed by atoms with Crippen LogP contribution in [0.15, 0.2) is 72.4 Å². The lowest BCUT2D eigenvalue weighted by atomic mass is 9.97. The zero-order chi connectivity index (χ0) is 23.5. The van der Waals surface area contributed by atoms with E-state index in [2.05, 4.69) is 5.32 Å². The molecule has 0 saturated carbocycles. The topological polar surface area (TPSA) is 58.6 Å². The molecule has 1 aliphatic rings. The maximum Gasteiger partial charge on any atom is 0.278 e. The summed E-state index contributed by atoms with van der Waals surface area (Å²) in [5.41, 5.74) is 6.53. The molecule has 0 radical (unpaired) electrons. The first kappa shape index (κ1) is 22.3. The van der Waals surface area contributed by atoms with Crippen molar-refractivity contribution in [3.8, 4) is 5.75 Å². The minimum absolute atomic E-state index is 0.268. The van der Waals surface area contributed by atoms with E-state index < -0.39 is 0 Å². The quantitative estimate of drug-likeness (QED) is 0.522. The van der Waals surface area contributed by atoms with Crippen LogP contribution in [0.25, 0.3) is 5.57 Å². The van der Waals surface area contributed by atoms with Crippen molar-refractivity contribution in [1.29, 1.82) is 0 Å². The molecule has 0 unspecified atom stereocenters. The number of methoxy groups -OCH3 is 1. The number of anilines is 1. The third-order valence-corrected chi connectivity index (χ3v) is 5.92. The highest BCUT2D eigenvalue weighted by Crippen LogP contribution is 2.32. The number of nitrogens with one attached hydrogen (secondary N) is 1. The standard InChI is InChI=1S/C28H28N2O3/c1-18-5-10-22(11-6-18)29-26-25(24-14-7-19(2)17-20(24)3)27(31)30(28(26)32)16-15-21-8-12-23(33-4)13-9-21/h5-14,17,29H,15-16H2,1-4H3. The SMILES string of the molecule is COc1ccc(CCN2C(=O)C(Nc3ccc(C)cc3)=C(c3ccc(C)cc3C)C2=O)cc1. The van der Waals surface area contributed by atoms with Crippen molar-refractivity contribution in [1.82, 2.24) is 4.90 Å². The van der Waals surface area contributed by atoms with Crippen molar-refractivity contribution in [3.05, 3.63) is 100 Å². The van der Waals surface area contributed by atoms with Gasteiger partial charge in [-0.1, -0.05) is 53.6 Å². The van der Waals surface area contributed by atoms with Crippen LogP contribution in [0.3, 0.4) is 0 Å². The Labute approximate surface area is 194 Å². The molecule has 1 N–H and O–H groups in total. The Hall–Kier alpha value is -3.86. The maximum atomic E-state index is 13.5. The van der Waals surface area contributed by atoms with Gasteiger partial charge in [0, 0.05) is 12.2 Å². The fourth-order valence-electron chi connectivity index (χ4n) is 4.05. The number of benzene rings is 3. The van der Waals surface area contributed by atoms with Gasteiger partial charge in [0.2, 0.25) is 0 Å². The van der Waals surface area contributed by atoms with Gasteiger partial charge in [0.05, 0.1) is 12.7 Å². The largest absolute Gasteiger partial charge is 0.497 e. The smallest absolute Gasteiger partial charge is 0.278 e. The van der Waals surface area contributed by atoms with Gasteiger partial charge in [0.25, 0.3) is 11.8 Å². The van der Waals surface area contributed by atoms with Crippen LogP contribution in [0.2, 0.25) is 0 Å². The molecule has 0 saturated heterocycles. The number of nitrogens with zero attached hydrogens (tertiary/aromatic N) is 1. The van der Waals surface area contributed by atoms with Crippen LogP contribution in [0, 0.1) is 20.8 Å². The summed E-state index contributed by atoms with van der Waals surface area (Å²) in [7, 11) is 1.62.